The van der Waals surface area contributed by atoms with Gasteiger partial charge < -0.3 is 14.7 Å². The number of thiazole rings is 1. The Labute approximate surface area is 164 Å². The Balaban J connectivity index is 1.53. The van der Waals surface area contributed by atoms with E-state index in [1.807, 2.05) is 24.0 Å². The highest BCUT2D eigenvalue weighted by Crippen LogP contribution is 2.36. The van der Waals surface area contributed by atoms with Crippen molar-refractivity contribution in [3.05, 3.63) is 27.7 Å². The third kappa shape index (κ3) is 3.68. The number of hydrogen-bond acceptors (Lipinski definition) is 7. The molecule has 4 heterocycles. The lowest BCUT2D eigenvalue weighted by Crippen LogP contribution is -2.44. The van der Waals surface area contributed by atoms with Crippen molar-refractivity contribution in [2.75, 3.05) is 38.6 Å². The van der Waals surface area contributed by atoms with E-state index in [0.717, 1.165) is 62.6 Å². The molecular formula is C19H26N6OS. The molecule has 0 aromatic carbocycles. The van der Waals surface area contributed by atoms with Crippen LogP contribution in [0.1, 0.15) is 39.6 Å². The van der Waals surface area contributed by atoms with Gasteiger partial charge in [0, 0.05) is 30.6 Å². The molecule has 2 aromatic rings. The number of aromatic nitrogens is 3. The number of aryl methyl sites for hydroxylation is 2. The standard InChI is InChI=1S/C19H26N6OS/c1-13-6-7-16(22-21-13)25-10-4-5-15-17(25)20-18(27-15)19(26)24-11-8-14(9-12-24)23(2)3/h6-7,14H,4-5,8-12H2,1-3H3. The summed E-state index contributed by atoms with van der Waals surface area (Å²) in [7, 11) is 4.22. The fourth-order valence-electron chi connectivity index (χ4n) is 3.79. The monoisotopic (exact) mass is 386 g/mol. The normalized spacial score (nSPS) is 18.1. The van der Waals surface area contributed by atoms with Crippen molar-refractivity contribution in [1.82, 2.24) is 25.0 Å². The second-order valence-electron chi connectivity index (χ2n) is 7.54. The third-order valence-corrected chi connectivity index (χ3v) is 6.54. The number of piperidine rings is 1. The van der Waals surface area contributed by atoms with Crippen LogP contribution in [0.2, 0.25) is 0 Å². The van der Waals surface area contributed by atoms with Crippen molar-refractivity contribution < 1.29 is 4.79 Å². The molecular weight excluding hydrogens is 360 g/mol. The van der Waals surface area contributed by atoms with E-state index < -0.39 is 0 Å². The summed E-state index contributed by atoms with van der Waals surface area (Å²) in [5.74, 6) is 1.76. The fourth-order valence-corrected chi connectivity index (χ4v) is 4.87. The average molecular weight is 387 g/mol. The lowest BCUT2D eigenvalue weighted by atomic mass is 10.0. The van der Waals surface area contributed by atoms with Crippen LogP contribution in [0.25, 0.3) is 0 Å². The number of nitrogens with zero attached hydrogens (tertiary/aromatic N) is 6. The van der Waals surface area contributed by atoms with Crippen LogP contribution in [0, 0.1) is 6.92 Å². The minimum atomic E-state index is 0.0709. The topological polar surface area (TPSA) is 65.5 Å². The van der Waals surface area contributed by atoms with Crippen LogP contribution in [0.3, 0.4) is 0 Å². The number of fused-ring (bicyclic) bond motifs is 1. The zero-order valence-electron chi connectivity index (χ0n) is 16.2. The lowest BCUT2D eigenvalue weighted by molar-refractivity contribution is 0.0663. The van der Waals surface area contributed by atoms with E-state index in [0.29, 0.717) is 11.0 Å². The van der Waals surface area contributed by atoms with Crippen molar-refractivity contribution in [2.45, 2.75) is 38.6 Å². The smallest absolute Gasteiger partial charge is 0.282 e. The van der Waals surface area contributed by atoms with E-state index in [1.165, 1.54) is 4.88 Å². The Morgan fingerprint density at radius 1 is 1.19 bits per heavy atom. The predicted molar refractivity (Wildman–Crippen MR) is 107 cm³/mol. The summed E-state index contributed by atoms with van der Waals surface area (Å²) < 4.78 is 0. The van der Waals surface area contributed by atoms with Gasteiger partial charge in [0.2, 0.25) is 0 Å². The molecule has 0 atom stereocenters. The summed E-state index contributed by atoms with van der Waals surface area (Å²) in [6.45, 7) is 4.39. The number of amides is 1. The minimum Gasteiger partial charge on any atom is -0.336 e. The molecule has 0 aliphatic carbocycles. The van der Waals surface area contributed by atoms with Gasteiger partial charge >= 0.3 is 0 Å². The molecule has 0 unspecified atom stereocenters. The molecule has 1 fully saturated rings. The first-order valence-corrected chi connectivity index (χ1v) is 10.4. The van der Waals surface area contributed by atoms with Crippen LogP contribution >= 0.6 is 11.3 Å². The van der Waals surface area contributed by atoms with Crippen LogP contribution < -0.4 is 4.90 Å². The van der Waals surface area contributed by atoms with Crippen molar-refractivity contribution in [1.29, 1.82) is 0 Å². The summed E-state index contributed by atoms with van der Waals surface area (Å²) in [5.41, 5.74) is 0.895. The van der Waals surface area contributed by atoms with Crippen LogP contribution in [-0.4, -0.2) is 70.7 Å². The Hall–Kier alpha value is -2.06. The Kier molecular flexibility index (Phi) is 5.10. The minimum absolute atomic E-state index is 0.0709. The van der Waals surface area contributed by atoms with Gasteiger partial charge in [-0.2, -0.15) is 5.10 Å². The summed E-state index contributed by atoms with van der Waals surface area (Å²) in [6.07, 6.45) is 4.05. The third-order valence-electron chi connectivity index (χ3n) is 5.44. The molecule has 1 saturated heterocycles. The van der Waals surface area contributed by atoms with Crippen molar-refractivity contribution in [3.8, 4) is 0 Å². The molecule has 0 bridgehead atoms. The van der Waals surface area contributed by atoms with Crippen molar-refractivity contribution in [2.24, 2.45) is 0 Å². The molecule has 27 heavy (non-hydrogen) atoms. The molecule has 2 aliphatic rings. The molecule has 2 aliphatic heterocycles. The molecule has 0 N–H and O–H groups in total. The molecule has 0 spiro atoms. The molecule has 0 radical (unpaired) electrons. The second kappa shape index (κ2) is 7.52. The van der Waals surface area contributed by atoms with Gasteiger partial charge in [-0.25, -0.2) is 4.98 Å². The van der Waals surface area contributed by atoms with Gasteiger partial charge in [-0.05, 0) is 58.8 Å². The van der Waals surface area contributed by atoms with E-state index in [2.05, 4.69) is 34.1 Å². The van der Waals surface area contributed by atoms with E-state index in [-0.39, 0.29) is 5.91 Å². The van der Waals surface area contributed by atoms with Gasteiger partial charge in [-0.15, -0.1) is 16.4 Å². The quantitative estimate of drug-likeness (QED) is 0.808. The Morgan fingerprint density at radius 2 is 1.96 bits per heavy atom. The maximum Gasteiger partial charge on any atom is 0.282 e. The molecule has 7 nitrogen and oxygen atoms in total. The number of anilines is 2. The molecule has 0 saturated carbocycles. The van der Waals surface area contributed by atoms with Crippen LogP contribution in [0.15, 0.2) is 12.1 Å². The summed E-state index contributed by atoms with van der Waals surface area (Å²) in [6, 6.07) is 4.50. The number of carbonyl (C=O) groups is 1. The number of hydrogen-bond donors (Lipinski definition) is 0. The van der Waals surface area contributed by atoms with Gasteiger partial charge in [0.15, 0.2) is 10.8 Å². The summed E-state index contributed by atoms with van der Waals surface area (Å²) in [4.78, 5) is 25.2. The SMILES string of the molecule is Cc1ccc(N2CCCc3sc(C(=O)N4CCC(N(C)C)CC4)nc32)nn1. The second-order valence-corrected chi connectivity index (χ2v) is 8.62. The van der Waals surface area contributed by atoms with E-state index in [4.69, 9.17) is 4.98 Å². The zero-order chi connectivity index (χ0) is 19.0. The lowest BCUT2D eigenvalue weighted by Gasteiger charge is -2.34. The van der Waals surface area contributed by atoms with Gasteiger partial charge in [0.1, 0.15) is 5.82 Å². The van der Waals surface area contributed by atoms with Crippen molar-refractivity contribution >= 4 is 28.9 Å². The summed E-state index contributed by atoms with van der Waals surface area (Å²) >= 11 is 1.54. The number of rotatable bonds is 3. The molecule has 8 heteroatoms. The van der Waals surface area contributed by atoms with Gasteiger partial charge in [0.25, 0.3) is 5.91 Å². The highest BCUT2D eigenvalue weighted by molar-refractivity contribution is 7.14. The average Bonchev–Trinajstić information content (AvgIpc) is 3.12. The van der Waals surface area contributed by atoms with Crippen LogP contribution in [0.5, 0.6) is 0 Å². The molecule has 144 valence electrons. The largest absolute Gasteiger partial charge is 0.336 e. The maximum absolute atomic E-state index is 13.0. The van der Waals surface area contributed by atoms with E-state index in [1.54, 1.807) is 11.3 Å². The van der Waals surface area contributed by atoms with Gasteiger partial charge in [-0.1, -0.05) is 0 Å². The van der Waals surface area contributed by atoms with Crippen LogP contribution in [0.4, 0.5) is 11.6 Å². The number of carbonyl (C=O) groups excluding carboxylic acids is 1. The first kappa shape index (κ1) is 18.3. The molecule has 2 aromatic heterocycles. The van der Waals surface area contributed by atoms with E-state index >= 15 is 0 Å². The Bertz CT molecular complexity index is 810. The fraction of sp³-hybridized carbons (Fsp3) is 0.579. The van der Waals surface area contributed by atoms with E-state index in [9.17, 15) is 4.79 Å². The molecule has 1 amide bonds. The Morgan fingerprint density at radius 3 is 2.63 bits per heavy atom. The van der Waals surface area contributed by atoms with Gasteiger partial charge in [-0.3, -0.25) is 4.79 Å². The highest BCUT2D eigenvalue weighted by Gasteiger charge is 2.30. The first-order valence-electron chi connectivity index (χ1n) is 9.56. The predicted octanol–water partition coefficient (Wildman–Crippen LogP) is 2.49. The number of likely N-dealkylation sites (tertiary alicyclic amines) is 1. The van der Waals surface area contributed by atoms with Crippen LogP contribution in [-0.2, 0) is 6.42 Å². The van der Waals surface area contributed by atoms with Crippen molar-refractivity contribution in [3.63, 3.8) is 0 Å². The maximum atomic E-state index is 13.0. The first-order chi connectivity index (χ1) is 13.0. The summed E-state index contributed by atoms with van der Waals surface area (Å²) in [5, 5.41) is 9.09. The van der Waals surface area contributed by atoms with Gasteiger partial charge in [0.05, 0.1) is 5.69 Å². The highest BCUT2D eigenvalue weighted by atomic mass is 32.1. The zero-order valence-corrected chi connectivity index (χ0v) is 17.0. The molecule has 4 rings (SSSR count).